The molecule has 1 aromatic carbocycles. The number of tetrazole rings is 1. The molecule has 0 bridgehead atoms. The van der Waals surface area contributed by atoms with Gasteiger partial charge in [0.15, 0.2) is 0 Å². The van der Waals surface area contributed by atoms with Crippen LogP contribution >= 0.6 is 23.1 Å². The Morgan fingerprint density at radius 1 is 1.29 bits per heavy atom. The zero-order valence-corrected chi connectivity index (χ0v) is 17.9. The van der Waals surface area contributed by atoms with Crippen LogP contribution in [0.25, 0.3) is 15.9 Å². The highest BCUT2D eigenvalue weighted by molar-refractivity contribution is 7.98. The topological polar surface area (TPSA) is 102 Å². The predicted molar refractivity (Wildman–Crippen MR) is 115 cm³/mol. The highest BCUT2D eigenvalue weighted by atomic mass is 32.2. The van der Waals surface area contributed by atoms with Gasteiger partial charge in [-0.05, 0) is 59.9 Å². The predicted octanol–water partition coefficient (Wildman–Crippen LogP) is 3.27. The van der Waals surface area contributed by atoms with Crippen LogP contribution in [-0.2, 0) is 25.1 Å². The minimum atomic E-state index is -0.388. The summed E-state index contributed by atoms with van der Waals surface area (Å²) in [5.74, 6) is 0.405. The first-order valence-electron chi connectivity index (χ1n) is 9.73. The van der Waals surface area contributed by atoms with Crippen molar-refractivity contribution in [3.63, 3.8) is 0 Å². The van der Waals surface area contributed by atoms with Gasteiger partial charge in [-0.2, -0.15) is 9.94 Å². The van der Waals surface area contributed by atoms with Crippen molar-refractivity contribution in [2.75, 3.05) is 0 Å². The number of rotatable bonds is 5. The van der Waals surface area contributed by atoms with E-state index in [1.807, 2.05) is 0 Å². The summed E-state index contributed by atoms with van der Waals surface area (Å²) in [5, 5.41) is 22.0. The van der Waals surface area contributed by atoms with Crippen molar-refractivity contribution >= 4 is 33.3 Å². The molecule has 3 aromatic heterocycles. The van der Waals surface area contributed by atoms with Crippen molar-refractivity contribution < 1.29 is 4.39 Å². The molecule has 4 aromatic rings. The van der Waals surface area contributed by atoms with Gasteiger partial charge < -0.3 is 0 Å². The lowest BCUT2D eigenvalue weighted by atomic mass is 9.97. The molecule has 1 aliphatic carbocycles. The van der Waals surface area contributed by atoms with Crippen LogP contribution in [0, 0.1) is 17.1 Å². The average molecular weight is 454 g/mol. The Labute approximate surface area is 184 Å². The molecule has 0 fully saturated rings. The van der Waals surface area contributed by atoms with Crippen molar-refractivity contribution in [2.24, 2.45) is 0 Å². The zero-order valence-electron chi connectivity index (χ0n) is 16.3. The van der Waals surface area contributed by atoms with Crippen LogP contribution in [0.2, 0.25) is 0 Å². The van der Waals surface area contributed by atoms with Gasteiger partial charge in [0.1, 0.15) is 23.0 Å². The van der Waals surface area contributed by atoms with Crippen LogP contribution in [0.5, 0.6) is 0 Å². The van der Waals surface area contributed by atoms with Gasteiger partial charge in [0, 0.05) is 4.88 Å². The van der Waals surface area contributed by atoms with Crippen molar-refractivity contribution in [3.05, 3.63) is 56.7 Å². The second-order valence-electron chi connectivity index (χ2n) is 7.11. The van der Waals surface area contributed by atoms with Gasteiger partial charge in [-0.25, -0.2) is 9.37 Å². The summed E-state index contributed by atoms with van der Waals surface area (Å²) in [6, 6.07) is 8.04. The molecule has 156 valence electrons. The molecule has 0 saturated carbocycles. The largest absolute Gasteiger partial charge is 0.281 e. The normalized spacial score (nSPS) is 13.3. The second kappa shape index (κ2) is 8.20. The lowest BCUT2D eigenvalue weighted by Crippen LogP contribution is -2.25. The molecule has 0 spiro atoms. The molecule has 11 heteroatoms. The lowest BCUT2D eigenvalue weighted by Gasteiger charge is -2.11. The van der Waals surface area contributed by atoms with Gasteiger partial charge in [0.25, 0.3) is 5.56 Å². The molecule has 1 aliphatic rings. The van der Waals surface area contributed by atoms with E-state index in [0.717, 1.165) is 36.1 Å². The van der Waals surface area contributed by atoms with Crippen LogP contribution in [0.4, 0.5) is 4.39 Å². The molecule has 0 N–H and O–H groups in total. The van der Waals surface area contributed by atoms with Crippen molar-refractivity contribution in [1.82, 2.24) is 29.8 Å². The van der Waals surface area contributed by atoms with Gasteiger partial charge >= 0.3 is 0 Å². The van der Waals surface area contributed by atoms with Crippen LogP contribution in [0.15, 0.2) is 34.2 Å². The van der Waals surface area contributed by atoms with E-state index in [2.05, 4.69) is 21.6 Å². The average Bonchev–Trinajstić information content (AvgIpc) is 3.39. The number of nitrogens with zero attached hydrogens (tertiary/aromatic N) is 7. The van der Waals surface area contributed by atoms with Crippen molar-refractivity contribution in [3.8, 4) is 11.8 Å². The number of thiophene rings is 1. The van der Waals surface area contributed by atoms with E-state index < -0.39 is 0 Å². The number of nitriles is 1. The fraction of sp³-hybridized carbons (Fsp3) is 0.300. The number of hydrogen-bond donors (Lipinski definition) is 0. The monoisotopic (exact) mass is 453 g/mol. The maximum absolute atomic E-state index is 13.6. The number of hydrogen-bond acceptors (Lipinski definition) is 8. The second-order valence-corrected chi connectivity index (χ2v) is 9.14. The van der Waals surface area contributed by atoms with E-state index in [4.69, 9.17) is 4.98 Å². The third kappa shape index (κ3) is 3.62. The van der Waals surface area contributed by atoms with Crippen LogP contribution < -0.4 is 5.56 Å². The summed E-state index contributed by atoms with van der Waals surface area (Å²) in [6.45, 7) is -0.0723. The Morgan fingerprint density at radius 2 is 2.16 bits per heavy atom. The van der Waals surface area contributed by atoms with Crippen molar-refractivity contribution in [2.45, 2.75) is 43.1 Å². The summed E-state index contributed by atoms with van der Waals surface area (Å²) < 4.78 is 16.5. The third-order valence-corrected chi connectivity index (χ3v) is 7.31. The molecule has 0 radical (unpaired) electrons. The molecule has 5 rings (SSSR count). The van der Waals surface area contributed by atoms with Crippen molar-refractivity contribution in [1.29, 1.82) is 5.26 Å². The molecule has 0 aliphatic heterocycles. The first kappa shape index (κ1) is 19.8. The Kier molecular flexibility index (Phi) is 5.25. The highest BCUT2D eigenvalue weighted by Gasteiger charge is 2.22. The van der Waals surface area contributed by atoms with Crippen LogP contribution in [-0.4, -0.2) is 29.8 Å². The Bertz CT molecular complexity index is 1380. The minimum absolute atomic E-state index is 0.0723. The third-order valence-electron chi connectivity index (χ3n) is 5.21. The molecule has 8 nitrogen and oxygen atoms in total. The standard InChI is InChI=1S/C20H16FN7OS2/c21-12-4-3-5-13(10-12)28-20(24-25-26-28)30-11-16-23-18-17(19(29)27(16)9-8-22)14-6-1-2-7-15(14)31-18/h3-5,10H,1-2,6-7,9,11H2. The van der Waals surface area contributed by atoms with Gasteiger partial charge in [-0.1, -0.05) is 17.8 Å². The molecule has 0 atom stereocenters. The first-order chi connectivity index (χ1) is 15.2. The van der Waals surface area contributed by atoms with E-state index >= 15 is 0 Å². The van der Waals surface area contributed by atoms with E-state index in [1.54, 1.807) is 23.5 Å². The Hall–Kier alpha value is -3.10. The number of fused-ring (bicyclic) bond motifs is 3. The fourth-order valence-corrected chi connectivity index (χ4v) is 5.90. The molecular formula is C20H16FN7OS2. The number of aryl methyl sites for hydroxylation is 2. The SMILES string of the molecule is N#CCn1c(CSc2nnnn2-c2cccc(F)c2)nc2sc3c(c2c1=O)CCCC3. The fourth-order valence-electron chi connectivity index (χ4n) is 3.79. The Morgan fingerprint density at radius 3 is 3.00 bits per heavy atom. The van der Waals surface area contributed by atoms with E-state index in [9.17, 15) is 14.4 Å². The van der Waals surface area contributed by atoms with Gasteiger partial charge in [-0.3, -0.25) is 9.36 Å². The maximum Gasteiger partial charge on any atom is 0.263 e. The number of benzene rings is 1. The maximum atomic E-state index is 13.6. The Balaban J connectivity index is 1.52. The molecule has 3 heterocycles. The number of halogens is 1. The lowest BCUT2D eigenvalue weighted by molar-refractivity contribution is 0.623. The molecular weight excluding hydrogens is 437 g/mol. The summed E-state index contributed by atoms with van der Waals surface area (Å²) >= 11 is 2.85. The van der Waals surface area contributed by atoms with Gasteiger partial charge in [0.2, 0.25) is 5.16 Å². The van der Waals surface area contributed by atoms with Gasteiger partial charge in [-0.15, -0.1) is 16.4 Å². The number of thioether (sulfide) groups is 1. The molecule has 0 saturated heterocycles. The van der Waals surface area contributed by atoms with E-state index in [1.165, 1.54) is 38.0 Å². The summed E-state index contributed by atoms with van der Waals surface area (Å²) in [4.78, 5) is 19.9. The minimum Gasteiger partial charge on any atom is -0.281 e. The van der Waals surface area contributed by atoms with E-state index in [-0.39, 0.29) is 17.9 Å². The zero-order chi connectivity index (χ0) is 21.4. The van der Waals surface area contributed by atoms with Crippen LogP contribution in [0.1, 0.15) is 29.1 Å². The first-order valence-corrected chi connectivity index (χ1v) is 11.5. The number of aromatic nitrogens is 6. The summed E-state index contributed by atoms with van der Waals surface area (Å²) in [6.07, 6.45) is 4.05. The van der Waals surface area contributed by atoms with Gasteiger partial charge in [0.05, 0.1) is 22.9 Å². The quantitative estimate of drug-likeness (QED) is 0.427. The summed E-state index contributed by atoms with van der Waals surface area (Å²) in [7, 11) is 0. The molecule has 0 amide bonds. The summed E-state index contributed by atoms with van der Waals surface area (Å²) in [5.41, 5.74) is 1.44. The highest BCUT2D eigenvalue weighted by Crippen LogP contribution is 2.34. The molecule has 0 unspecified atom stereocenters. The molecule has 31 heavy (non-hydrogen) atoms. The smallest absolute Gasteiger partial charge is 0.263 e. The van der Waals surface area contributed by atoms with E-state index in [0.29, 0.717) is 27.8 Å². The van der Waals surface area contributed by atoms with Crippen LogP contribution in [0.3, 0.4) is 0 Å².